The van der Waals surface area contributed by atoms with Gasteiger partial charge in [0.1, 0.15) is 10.7 Å². The molecule has 1 aliphatic rings. The SMILES string of the molecule is CCN(CCNS(=O)(=O)c1ccc(NN)nc1)C1CC1. The maximum Gasteiger partial charge on any atom is 0.242 e. The van der Waals surface area contributed by atoms with E-state index in [1.54, 1.807) is 0 Å². The molecule has 20 heavy (non-hydrogen) atoms. The highest BCUT2D eigenvalue weighted by Gasteiger charge is 2.27. The molecule has 112 valence electrons. The lowest BCUT2D eigenvalue weighted by atomic mass is 10.4. The maximum absolute atomic E-state index is 12.1. The van der Waals surface area contributed by atoms with Gasteiger partial charge in [-0.1, -0.05) is 6.92 Å². The van der Waals surface area contributed by atoms with Crippen molar-refractivity contribution in [2.75, 3.05) is 25.1 Å². The standard InChI is InChI=1S/C12H21N5O2S/c1-2-17(10-3-4-10)8-7-15-20(18,19)11-5-6-12(16-13)14-9-11/h5-6,9-10,15H,2-4,7-8,13H2,1H3,(H,14,16). The van der Waals surface area contributed by atoms with Crippen molar-refractivity contribution in [1.82, 2.24) is 14.6 Å². The number of hydrazine groups is 1. The molecule has 4 N–H and O–H groups in total. The molecule has 0 aromatic carbocycles. The largest absolute Gasteiger partial charge is 0.308 e. The fourth-order valence-electron chi connectivity index (χ4n) is 2.07. The molecule has 2 rings (SSSR count). The summed E-state index contributed by atoms with van der Waals surface area (Å²) in [5, 5.41) is 0. The quantitative estimate of drug-likeness (QED) is 0.466. The van der Waals surface area contributed by atoms with Crippen LogP contribution in [0, 0.1) is 0 Å². The summed E-state index contributed by atoms with van der Waals surface area (Å²) in [5.41, 5.74) is 2.36. The molecule has 1 heterocycles. The van der Waals surface area contributed by atoms with Crippen molar-refractivity contribution in [1.29, 1.82) is 0 Å². The van der Waals surface area contributed by atoms with Crippen molar-refractivity contribution in [2.24, 2.45) is 5.84 Å². The number of hydrogen-bond donors (Lipinski definition) is 3. The predicted octanol–water partition coefficient (Wildman–Crippen LogP) is 0.130. The summed E-state index contributed by atoms with van der Waals surface area (Å²) in [4.78, 5) is 6.33. The Bertz CT molecular complexity index is 527. The van der Waals surface area contributed by atoms with Crippen LogP contribution >= 0.6 is 0 Å². The maximum atomic E-state index is 12.1. The topological polar surface area (TPSA) is 100 Å². The van der Waals surface area contributed by atoms with Gasteiger partial charge in [0.15, 0.2) is 0 Å². The van der Waals surface area contributed by atoms with Crippen molar-refractivity contribution >= 4 is 15.8 Å². The molecule has 0 radical (unpaired) electrons. The molecule has 1 aromatic heterocycles. The summed E-state index contributed by atoms with van der Waals surface area (Å²) in [7, 11) is -3.50. The first-order chi connectivity index (χ1) is 9.56. The Morgan fingerprint density at radius 2 is 2.20 bits per heavy atom. The molecule has 0 unspecified atom stereocenters. The van der Waals surface area contributed by atoms with Crippen LogP contribution in [0.3, 0.4) is 0 Å². The van der Waals surface area contributed by atoms with Crippen LogP contribution in [0.15, 0.2) is 23.2 Å². The molecule has 8 heteroatoms. The van der Waals surface area contributed by atoms with Gasteiger partial charge in [-0.15, -0.1) is 0 Å². The van der Waals surface area contributed by atoms with Gasteiger partial charge >= 0.3 is 0 Å². The number of hydrogen-bond acceptors (Lipinski definition) is 6. The second-order valence-electron chi connectivity index (χ2n) is 4.78. The Morgan fingerprint density at radius 1 is 1.45 bits per heavy atom. The van der Waals surface area contributed by atoms with E-state index in [4.69, 9.17) is 5.84 Å². The first-order valence-electron chi connectivity index (χ1n) is 6.73. The number of nitrogens with two attached hydrogens (primary N) is 1. The number of nitrogen functional groups attached to an aromatic ring is 1. The number of aromatic nitrogens is 1. The molecule has 0 amide bonds. The molecule has 1 saturated carbocycles. The molecule has 0 atom stereocenters. The summed E-state index contributed by atoms with van der Waals surface area (Å²) >= 11 is 0. The summed E-state index contributed by atoms with van der Waals surface area (Å²) in [6.07, 6.45) is 3.73. The van der Waals surface area contributed by atoms with Gasteiger partial charge in [0.05, 0.1) is 0 Å². The fraction of sp³-hybridized carbons (Fsp3) is 0.583. The lowest BCUT2D eigenvalue weighted by molar-refractivity contribution is 0.282. The van der Waals surface area contributed by atoms with E-state index in [9.17, 15) is 8.42 Å². The Balaban J connectivity index is 1.89. The molecular weight excluding hydrogens is 278 g/mol. The van der Waals surface area contributed by atoms with E-state index in [1.165, 1.54) is 31.2 Å². The number of anilines is 1. The van der Waals surface area contributed by atoms with Crippen LogP contribution in [0.4, 0.5) is 5.82 Å². The van der Waals surface area contributed by atoms with Crippen LogP contribution in [-0.2, 0) is 10.0 Å². The Labute approximate surface area is 119 Å². The Kier molecular flexibility index (Phi) is 4.92. The summed E-state index contributed by atoms with van der Waals surface area (Å²) in [6.45, 7) is 4.18. The second-order valence-corrected chi connectivity index (χ2v) is 6.55. The van der Waals surface area contributed by atoms with Gasteiger partial charge in [0.2, 0.25) is 10.0 Å². The Morgan fingerprint density at radius 3 is 2.70 bits per heavy atom. The summed E-state index contributed by atoms with van der Waals surface area (Å²) in [6, 6.07) is 3.64. The highest BCUT2D eigenvalue weighted by molar-refractivity contribution is 7.89. The van der Waals surface area contributed by atoms with E-state index in [2.05, 4.69) is 27.0 Å². The minimum Gasteiger partial charge on any atom is -0.308 e. The van der Waals surface area contributed by atoms with Crippen molar-refractivity contribution < 1.29 is 8.42 Å². The highest BCUT2D eigenvalue weighted by atomic mass is 32.2. The predicted molar refractivity (Wildman–Crippen MR) is 77.5 cm³/mol. The fourth-order valence-corrected chi connectivity index (χ4v) is 3.04. The van der Waals surface area contributed by atoms with Gasteiger partial charge in [-0.25, -0.2) is 24.0 Å². The van der Waals surface area contributed by atoms with E-state index < -0.39 is 10.0 Å². The van der Waals surface area contributed by atoms with Crippen molar-refractivity contribution in [3.05, 3.63) is 18.3 Å². The number of pyridine rings is 1. The van der Waals surface area contributed by atoms with Crippen LogP contribution < -0.4 is 16.0 Å². The first kappa shape index (κ1) is 15.2. The van der Waals surface area contributed by atoms with Crippen LogP contribution in [0.1, 0.15) is 19.8 Å². The number of rotatable bonds is 8. The first-order valence-corrected chi connectivity index (χ1v) is 8.21. The summed E-state index contributed by atoms with van der Waals surface area (Å²) in [5.74, 6) is 5.61. The van der Waals surface area contributed by atoms with Gasteiger partial charge in [-0.3, -0.25) is 4.90 Å². The molecule has 1 aliphatic carbocycles. The van der Waals surface area contributed by atoms with E-state index in [0.717, 1.165) is 13.1 Å². The molecule has 1 fully saturated rings. The zero-order valence-electron chi connectivity index (χ0n) is 11.5. The van der Waals surface area contributed by atoms with Crippen molar-refractivity contribution in [2.45, 2.75) is 30.7 Å². The molecule has 0 bridgehead atoms. The molecule has 7 nitrogen and oxygen atoms in total. The number of nitrogens with zero attached hydrogens (tertiary/aromatic N) is 2. The normalized spacial score (nSPS) is 15.6. The lowest BCUT2D eigenvalue weighted by Crippen LogP contribution is -2.36. The summed E-state index contributed by atoms with van der Waals surface area (Å²) < 4.78 is 26.7. The molecular formula is C12H21N5O2S. The molecule has 1 aromatic rings. The van der Waals surface area contributed by atoms with Gasteiger partial charge in [-0.2, -0.15) is 0 Å². The molecule has 0 saturated heterocycles. The van der Waals surface area contributed by atoms with Gasteiger partial charge < -0.3 is 5.43 Å². The third-order valence-corrected chi connectivity index (χ3v) is 4.80. The number of nitrogens with one attached hydrogen (secondary N) is 2. The van der Waals surface area contributed by atoms with Crippen LogP contribution in [-0.4, -0.2) is 44.0 Å². The average molecular weight is 299 g/mol. The van der Waals surface area contributed by atoms with Crippen molar-refractivity contribution in [3.63, 3.8) is 0 Å². The smallest absolute Gasteiger partial charge is 0.242 e. The van der Waals surface area contributed by atoms with Gasteiger partial charge in [0.25, 0.3) is 0 Å². The number of likely N-dealkylation sites (N-methyl/N-ethyl adjacent to an activating group) is 1. The second kappa shape index (κ2) is 6.49. The van der Waals surface area contributed by atoms with Crippen LogP contribution in [0.25, 0.3) is 0 Å². The van der Waals surface area contributed by atoms with Crippen molar-refractivity contribution in [3.8, 4) is 0 Å². The van der Waals surface area contributed by atoms with E-state index in [1.807, 2.05) is 0 Å². The average Bonchev–Trinajstić information content (AvgIpc) is 3.28. The number of sulfonamides is 1. The van der Waals surface area contributed by atoms with E-state index >= 15 is 0 Å². The van der Waals surface area contributed by atoms with E-state index in [0.29, 0.717) is 18.4 Å². The Hall–Kier alpha value is -1.22. The third-order valence-electron chi connectivity index (χ3n) is 3.36. The zero-order valence-corrected chi connectivity index (χ0v) is 12.4. The molecule has 0 spiro atoms. The van der Waals surface area contributed by atoms with Crippen LogP contribution in [0.2, 0.25) is 0 Å². The third kappa shape index (κ3) is 3.89. The highest BCUT2D eigenvalue weighted by Crippen LogP contribution is 2.25. The monoisotopic (exact) mass is 299 g/mol. The molecule has 0 aliphatic heterocycles. The lowest BCUT2D eigenvalue weighted by Gasteiger charge is -2.19. The minimum atomic E-state index is -3.50. The van der Waals surface area contributed by atoms with Gasteiger partial charge in [0, 0.05) is 25.3 Å². The zero-order chi connectivity index (χ0) is 14.6. The van der Waals surface area contributed by atoms with Crippen LogP contribution in [0.5, 0.6) is 0 Å². The van der Waals surface area contributed by atoms with E-state index in [-0.39, 0.29) is 4.90 Å². The minimum absolute atomic E-state index is 0.144. The van der Waals surface area contributed by atoms with Gasteiger partial charge in [-0.05, 0) is 31.5 Å².